The topological polar surface area (TPSA) is 166 Å². The molecule has 1 saturated heterocycles. The van der Waals surface area contributed by atoms with Crippen LogP contribution in [0.2, 0.25) is 0 Å². The molecule has 240 valence electrons. The van der Waals surface area contributed by atoms with E-state index < -0.39 is 42.1 Å². The van der Waals surface area contributed by atoms with Crippen molar-refractivity contribution in [1.29, 1.82) is 0 Å². The number of hydrogen-bond donors (Lipinski definition) is 3. The third kappa shape index (κ3) is 6.24. The molecule has 2 aliphatic rings. The number of carbonyl (C=O) groups excluding carboxylic acids is 3. The number of thioether (sulfide) groups is 1. The van der Waals surface area contributed by atoms with Gasteiger partial charge >= 0.3 is 17.9 Å². The lowest BCUT2D eigenvalue weighted by Gasteiger charge is -2.44. The minimum Gasteiger partial charge on any atom is -0.368 e. The zero-order valence-corrected chi connectivity index (χ0v) is 25.9. The number of thiophene rings is 1. The van der Waals surface area contributed by atoms with Gasteiger partial charge in [0.25, 0.3) is 0 Å². The van der Waals surface area contributed by atoms with Crippen molar-refractivity contribution in [2.45, 2.75) is 49.7 Å². The standard InChI is InChI=1S/C28H30F3N7O5S2/c1-4-20(40)38-13(2)8-36(9-14(38)3)25-16-7-17(28(29,30)31)21(23-18(5-6-44-23)34-26(33)41)24-22(16)37(27(42)35-25)10-15(12-45-24)43-11-19(32)39/h4-7,13-15H,1,8-12H2,2-3H3,(H2,32,39)(H3,33,34,41)/t13-,14+,15?. The van der Waals surface area contributed by atoms with Crippen molar-refractivity contribution in [2.75, 3.05) is 35.7 Å². The van der Waals surface area contributed by atoms with Crippen molar-refractivity contribution in [2.24, 2.45) is 11.5 Å². The van der Waals surface area contributed by atoms with Crippen LogP contribution in [0, 0.1) is 0 Å². The van der Waals surface area contributed by atoms with Gasteiger partial charge in [0.2, 0.25) is 11.8 Å². The van der Waals surface area contributed by atoms with E-state index in [9.17, 15) is 32.3 Å². The summed E-state index contributed by atoms with van der Waals surface area (Å²) in [4.78, 5) is 57.3. The fourth-order valence-corrected chi connectivity index (χ4v) is 8.14. The normalized spacial score (nSPS) is 20.2. The van der Waals surface area contributed by atoms with E-state index in [4.69, 9.17) is 16.2 Å². The van der Waals surface area contributed by atoms with Crippen molar-refractivity contribution in [3.63, 3.8) is 0 Å². The number of primary amides is 2. The number of rotatable bonds is 7. The molecule has 0 saturated carbocycles. The number of anilines is 2. The van der Waals surface area contributed by atoms with E-state index in [-0.39, 0.29) is 81.1 Å². The zero-order chi connectivity index (χ0) is 32.8. The Morgan fingerprint density at radius 1 is 1.20 bits per heavy atom. The second-order valence-corrected chi connectivity index (χ2v) is 12.7. The van der Waals surface area contributed by atoms with Crippen molar-refractivity contribution >= 4 is 63.4 Å². The lowest BCUT2D eigenvalue weighted by Crippen LogP contribution is -2.58. The number of halogens is 3. The van der Waals surface area contributed by atoms with Gasteiger partial charge in [-0.3, -0.25) is 14.2 Å². The molecule has 5 N–H and O–H groups in total. The monoisotopic (exact) mass is 665 g/mol. The molecule has 0 bridgehead atoms. The zero-order valence-electron chi connectivity index (χ0n) is 24.2. The molecule has 3 atom stereocenters. The first kappa shape index (κ1) is 32.3. The summed E-state index contributed by atoms with van der Waals surface area (Å²) in [5, 5.41) is 3.99. The number of nitrogens with two attached hydrogens (primary N) is 2. The van der Waals surface area contributed by atoms with Crippen LogP contribution in [-0.2, 0) is 27.0 Å². The molecular weight excluding hydrogens is 635 g/mol. The molecule has 17 heteroatoms. The number of aromatic nitrogens is 2. The van der Waals surface area contributed by atoms with Crippen molar-refractivity contribution < 1.29 is 32.3 Å². The molecule has 1 fully saturated rings. The highest BCUT2D eigenvalue weighted by atomic mass is 32.2. The Bertz CT molecular complexity index is 1750. The van der Waals surface area contributed by atoms with Gasteiger partial charge in [0.05, 0.1) is 34.3 Å². The summed E-state index contributed by atoms with van der Waals surface area (Å²) < 4.78 is 51.9. The Kier molecular flexibility index (Phi) is 8.88. The van der Waals surface area contributed by atoms with Gasteiger partial charge in [0.1, 0.15) is 12.4 Å². The molecule has 0 spiro atoms. The van der Waals surface area contributed by atoms with Crippen molar-refractivity contribution in [3.05, 3.63) is 46.2 Å². The number of amides is 4. The largest absolute Gasteiger partial charge is 0.417 e. The molecule has 5 rings (SSSR count). The fourth-order valence-electron chi connectivity index (χ4n) is 5.90. The summed E-state index contributed by atoms with van der Waals surface area (Å²) in [6.07, 6.45) is -4.43. The van der Waals surface area contributed by atoms with E-state index >= 15 is 0 Å². The first-order valence-corrected chi connectivity index (χ1v) is 15.6. The molecule has 0 radical (unpaired) electrons. The van der Waals surface area contributed by atoms with Crippen molar-refractivity contribution in [1.82, 2.24) is 14.5 Å². The van der Waals surface area contributed by atoms with Crippen LogP contribution in [0.3, 0.4) is 0 Å². The minimum atomic E-state index is -4.86. The molecule has 2 aliphatic heterocycles. The van der Waals surface area contributed by atoms with E-state index in [0.29, 0.717) is 0 Å². The van der Waals surface area contributed by atoms with E-state index in [0.717, 1.165) is 29.2 Å². The van der Waals surface area contributed by atoms with Crippen LogP contribution < -0.4 is 27.4 Å². The summed E-state index contributed by atoms with van der Waals surface area (Å²) in [6, 6.07) is 0.721. The highest BCUT2D eigenvalue weighted by Gasteiger charge is 2.40. The number of nitrogens with one attached hydrogen (secondary N) is 1. The molecule has 0 aliphatic carbocycles. The Hall–Kier alpha value is -4.09. The SMILES string of the molecule is C=CC(=O)N1[C@H](C)CN(c2nc(=O)n3c4c(c(-c5sccc5NC(N)=O)c(C(F)(F)F)cc24)SCC(OCC(N)=O)C3)C[C@@H]1C. The minimum absolute atomic E-state index is 0.0488. The highest BCUT2D eigenvalue weighted by Crippen LogP contribution is 2.51. The molecule has 4 amide bonds. The maximum atomic E-state index is 15.0. The molecule has 3 aromatic rings. The van der Waals surface area contributed by atoms with Crippen LogP contribution >= 0.6 is 23.1 Å². The number of benzene rings is 1. The number of piperazine rings is 1. The summed E-state index contributed by atoms with van der Waals surface area (Å²) in [6.45, 7) is 6.99. The van der Waals surface area contributed by atoms with Crippen LogP contribution in [0.25, 0.3) is 21.3 Å². The third-order valence-electron chi connectivity index (χ3n) is 7.56. The molecule has 1 unspecified atom stereocenters. The Labute approximate surface area is 263 Å². The second-order valence-electron chi connectivity index (χ2n) is 10.8. The molecule has 1 aromatic carbocycles. The number of hydrogen-bond acceptors (Lipinski definition) is 9. The average Bonchev–Trinajstić information content (AvgIpc) is 3.30. The second kappa shape index (κ2) is 12.4. The maximum Gasteiger partial charge on any atom is 0.417 e. The van der Waals surface area contributed by atoms with Gasteiger partial charge < -0.3 is 31.3 Å². The van der Waals surface area contributed by atoms with Gasteiger partial charge in [-0.15, -0.1) is 23.1 Å². The lowest BCUT2D eigenvalue weighted by atomic mass is 9.99. The van der Waals surface area contributed by atoms with E-state index in [1.807, 2.05) is 0 Å². The van der Waals surface area contributed by atoms with Crippen LogP contribution in [0.15, 0.2) is 39.9 Å². The molecular formula is C28H30F3N7O5S2. The van der Waals surface area contributed by atoms with Crippen LogP contribution in [-0.4, -0.2) is 75.9 Å². The van der Waals surface area contributed by atoms with Crippen molar-refractivity contribution in [3.8, 4) is 10.4 Å². The summed E-state index contributed by atoms with van der Waals surface area (Å²) >= 11 is 2.00. The molecule has 45 heavy (non-hydrogen) atoms. The van der Waals surface area contributed by atoms with Gasteiger partial charge in [0, 0.05) is 46.8 Å². The number of nitrogens with zero attached hydrogens (tertiary/aromatic N) is 4. The number of alkyl halides is 3. The Balaban J connectivity index is 1.80. The van der Waals surface area contributed by atoms with E-state index in [1.165, 1.54) is 22.1 Å². The summed E-state index contributed by atoms with van der Waals surface area (Å²) in [5.74, 6) is -0.901. The van der Waals surface area contributed by atoms with Crippen LogP contribution in [0.1, 0.15) is 19.4 Å². The van der Waals surface area contributed by atoms with Gasteiger partial charge in [-0.1, -0.05) is 6.58 Å². The average molecular weight is 666 g/mol. The maximum absolute atomic E-state index is 15.0. The van der Waals surface area contributed by atoms with Gasteiger partial charge in [0.15, 0.2) is 0 Å². The van der Waals surface area contributed by atoms with E-state index in [1.54, 1.807) is 23.6 Å². The van der Waals surface area contributed by atoms with Gasteiger partial charge in [-0.25, -0.2) is 9.59 Å². The first-order valence-electron chi connectivity index (χ1n) is 13.8. The summed E-state index contributed by atoms with van der Waals surface area (Å²) in [5.41, 5.74) is 8.89. The lowest BCUT2D eigenvalue weighted by molar-refractivity contribution is -0.137. The van der Waals surface area contributed by atoms with Crippen LogP contribution in [0.5, 0.6) is 0 Å². The molecule has 4 heterocycles. The number of ether oxygens (including phenoxy) is 1. The fraction of sp³-hybridized carbons (Fsp3) is 0.393. The van der Waals surface area contributed by atoms with E-state index in [2.05, 4.69) is 16.9 Å². The summed E-state index contributed by atoms with van der Waals surface area (Å²) in [7, 11) is 0. The van der Waals surface area contributed by atoms with Crippen LogP contribution in [0.4, 0.5) is 29.5 Å². The van der Waals surface area contributed by atoms with Gasteiger partial charge in [-0.2, -0.15) is 18.2 Å². The van der Waals surface area contributed by atoms with Gasteiger partial charge in [-0.05, 0) is 37.4 Å². The third-order valence-corrected chi connectivity index (χ3v) is 9.72. The quantitative estimate of drug-likeness (QED) is 0.324. The number of carbonyl (C=O) groups is 3. The predicted octanol–water partition coefficient (Wildman–Crippen LogP) is 3.22. The molecule has 2 aromatic heterocycles. The molecule has 12 nitrogen and oxygen atoms in total. The predicted molar refractivity (Wildman–Crippen MR) is 165 cm³/mol. The Morgan fingerprint density at radius 3 is 2.49 bits per heavy atom. The first-order chi connectivity index (χ1) is 21.2. The smallest absolute Gasteiger partial charge is 0.368 e. The Morgan fingerprint density at radius 2 is 1.89 bits per heavy atom. The number of urea groups is 1. The highest BCUT2D eigenvalue weighted by molar-refractivity contribution is 7.99.